The predicted molar refractivity (Wildman–Crippen MR) is 82.9 cm³/mol. The van der Waals surface area contributed by atoms with Crippen molar-refractivity contribution >= 4 is 10.9 Å². The van der Waals surface area contributed by atoms with Gasteiger partial charge in [-0.25, -0.2) is 0 Å². The molecule has 2 heterocycles. The first kappa shape index (κ1) is 12.9. The third-order valence-electron chi connectivity index (χ3n) is 3.80. The summed E-state index contributed by atoms with van der Waals surface area (Å²) in [6.07, 6.45) is 3.13. The van der Waals surface area contributed by atoms with Gasteiger partial charge in [-0.1, -0.05) is 18.2 Å². The van der Waals surface area contributed by atoms with Crippen molar-refractivity contribution in [1.29, 1.82) is 0 Å². The van der Waals surface area contributed by atoms with E-state index in [1.165, 1.54) is 22.0 Å². The standard InChI is InChI=1S/C16H20N4/c1-11-16(14(19-18-11)8-9-17-2)13-10-20(3)15-7-5-4-6-12(13)15/h4-7,10,17H,8-9H2,1-3H3,(H,18,19). The Balaban J connectivity index is 2.18. The summed E-state index contributed by atoms with van der Waals surface area (Å²) < 4.78 is 2.18. The summed E-state index contributed by atoms with van der Waals surface area (Å²) in [5, 5.41) is 12.1. The van der Waals surface area contributed by atoms with E-state index in [2.05, 4.69) is 64.5 Å². The summed E-state index contributed by atoms with van der Waals surface area (Å²) in [6.45, 7) is 3.02. The van der Waals surface area contributed by atoms with Gasteiger partial charge in [0.05, 0.1) is 5.69 Å². The molecule has 0 unspecified atom stereocenters. The van der Waals surface area contributed by atoms with Crippen LogP contribution in [0.3, 0.4) is 0 Å². The quantitative estimate of drug-likeness (QED) is 0.764. The van der Waals surface area contributed by atoms with Crippen LogP contribution in [0.25, 0.3) is 22.0 Å². The molecule has 0 fully saturated rings. The van der Waals surface area contributed by atoms with Gasteiger partial charge >= 0.3 is 0 Å². The predicted octanol–water partition coefficient (Wildman–Crippen LogP) is 2.64. The lowest BCUT2D eigenvalue weighted by molar-refractivity contribution is 0.773. The molecule has 20 heavy (non-hydrogen) atoms. The first-order valence-corrected chi connectivity index (χ1v) is 6.95. The van der Waals surface area contributed by atoms with Crippen molar-refractivity contribution in [3.05, 3.63) is 41.9 Å². The number of likely N-dealkylation sites (N-methyl/N-ethyl adjacent to an activating group) is 1. The van der Waals surface area contributed by atoms with Crippen LogP contribution >= 0.6 is 0 Å². The van der Waals surface area contributed by atoms with E-state index in [0.29, 0.717) is 0 Å². The van der Waals surface area contributed by atoms with Gasteiger partial charge in [-0.15, -0.1) is 0 Å². The number of nitrogens with zero attached hydrogens (tertiary/aromatic N) is 2. The second-order valence-corrected chi connectivity index (χ2v) is 5.19. The zero-order valence-electron chi connectivity index (χ0n) is 12.2. The number of para-hydroxylation sites is 1. The van der Waals surface area contributed by atoms with Gasteiger partial charge in [-0.3, -0.25) is 5.10 Å². The molecule has 0 saturated carbocycles. The number of hydrogen-bond acceptors (Lipinski definition) is 2. The number of nitrogens with one attached hydrogen (secondary N) is 2. The first-order chi connectivity index (χ1) is 9.72. The van der Waals surface area contributed by atoms with Crippen molar-refractivity contribution in [1.82, 2.24) is 20.1 Å². The van der Waals surface area contributed by atoms with Crippen molar-refractivity contribution in [2.24, 2.45) is 7.05 Å². The number of fused-ring (bicyclic) bond motifs is 1. The number of benzene rings is 1. The second kappa shape index (κ2) is 5.13. The zero-order chi connectivity index (χ0) is 14.1. The van der Waals surface area contributed by atoms with Crippen LogP contribution in [0.1, 0.15) is 11.4 Å². The van der Waals surface area contributed by atoms with Crippen molar-refractivity contribution < 1.29 is 0 Å². The van der Waals surface area contributed by atoms with E-state index >= 15 is 0 Å². The number of aromatic nitrogens is 3. The van der Waals surface area contributed by atoms with Crippen LogP contribution in [0.5, 0.6) is 0 Å². The lowest BCUT2D eigenvalue weighted by atomic mass is 10.0. The van der Waals surface area contributed by atoms with Crippen molar-refractivity contribution in [3.63, 3.8) is 0 Å². The Morgan fingerprint density at radius 3 is 2.90 bits per heavy atom. The van der Waals surface area contributed by atoms with Gasteiger partial charge in [0.2, 0.25) is 0 Å². The van der Waals surface area contributed by atoms with Gasteiger partial charge in [-0.2, -0.15) is 5.10 Å². The highest BCUT2D eigenvalue weighted by molar-refractivity contribution is 5.97. The maximum Gasteiger partial charge on any atom is 0.0716 e. The van der Waals surface area contributed by atoms with Gasteiger partial charge in [0, 0.05) is 53.9 Å². The molecule has 0 saturated heterocycles. The summed E-state index contributed by atoms with van der Waals surface area (Å²) in [4.78, 5) is 0. The number of rotatable bonds is 4. The van der Waals surface area contributed by atoms with E-state index in [1.54, 1.807) is 0 Å². The molecule has 4 nitrogen and oxygen atoms in total. The summed E-state index contributed by atoms with van der Waals surface area (Å²) >= 11 is 0. The molecule has 0 aliphatic carbocycles. The molecular formula is C16H20N4. The highest BCUT2D eigenvalue weighted by Crippen LogP contribution is 2.33. The second-order valence-electron chi connectivity index (χ2n) is 5.19. The fraction of sp³-hybridized carbons (Fsp3) is 0.312. The Morgan fingerprint density at radius 1 is 1.30 bits per heavy atom. The Bertz CT molecular complexity index is 736. The van der Waals surface area contributed by atoms with Crippen LogP contribution in [0, 0.1) is 6.92 Å². The highest BCUT2D eigenvalue weighted by Gasteiger charge is 2.16. The minimum absolute atomic E-state index is 0.930. The molecule has 3 aromatic rings. The fourth-order valence-corrected chi connectivity index (χ4v) is 2.80. The Morgan fingerprint density at radius 2 is 2.10 bits per heavy atom. The van der Waals surface area contributed by atoms with E-state index in [9.17, 15) is 0 Å². The smallest absolute Gasteiger partial charge is 0.0716 e. The maximum atomic E-state index is 4.47. The summed E-state index contributed by atoms with van der Waals surface area (Å²) in [6, 6.07) is 8.51. The van der Waals surface area contributed by atoms with E-state index in [4.69, 9.17) is 0 Å². The highest BCUT2D eigenvalue weighted by atomic mass is 15.1. The molecule has 0 bridgehead atoms. The molecule has 0 atom stereocenters. The molecular weight excluding hydrogens is 248 g/mol. The molecule has 0 aliphatic rings. The molecule has 1 aromatic carbocycles. The summed E-state index contributed by atoms with van der Waals surface area (Å²) in [5.74, 6) is 0. The maximum absolute atomic E-state index is 4.47. The van der Waals surface area contributed by atoms with Crippen molar-refractivity contribution in [3.8, 4) is 11.1 Å². The molecule has 2 aromatic heterocycles. The van der Waals surface area contributed by atoms with Crippen LogP contribution < -0.4 is 5.32 Å². The van der Waals surface area contributed by atoms with Crippen LogP contribution in [0.4, 0.5) is 0 Å². The Hall–Kier alpha value is -2.07. The van der Waals surface area contributed by atoms with Crippen LogP contribution in [-0.4, -0.2) is 28.4 Å². The number of hydrogen-bond donors (Lipinski definition) is 2. The average molecular weight is 268 g/mol. The minimum Gasteiger partial charge on any atom is -0.350 e. The number of aromatic amines is 1. The van der Waals surface area contributed by atoms with E-state index in [1.807, 2.05) is 7.05 Å². The summed E-state index contributed by atoms with van der Waals surface area (Å²) in [5.41, 5.74) is 6.03. The van der Waals surface area contributed by atoms with E-state index in [-0.39, 0.29) is 0 Å². The molecule has 104 valence electrons. The molecule has 0 radical (unpaired) electrons. The summed E-state index contributed by atoms with van der Waals surface area (Å²) in [7, 11) is 4.06. The molecule has 4 heteroatoms. The monoisotopic (exact) mass is 268 g/mol. The zero-order valence-corrected chi connectivity index (χ0v) is 12.2. The van der Waals surface area contributed by atoms with Crippen LogP contribution in [-0.2, 0) is 13.5 Å². The van der Waals surface area contributed by atoms with Crippen LogP contribution in [0.15, 0.2) is 30.5 Å². The average Bonchev–Trinajstić information content (AvgIpc) is 2.98. The third kappa shape index (κ3) is 2.02. The van der Waals surface area contributed by atoms with Crippen molar-refractivity contribution in [2.45, 2.75) is 13.3 Å². The van der Waals surface area contributed by atoms with Gasteiger partial charge in [0.1, 0.15) is 0 Å². The largest absolute Gasteiger partial charge is 0.350 e. The van der Waals surface area contributed by atoms with E-state index < -0.39 is 0 Å². The molecule has 2 N–H and O–H groups in total. The molecule has 3 rings (SSSR count). The van der Waals surface area contributed by atoms with Gasteiger partial charge in [-0.05, 0) is 20.0 Å². The molecule has 0 aliphatic heterocycles. The van der Waals surface area contributed by atoms with Crippen molar-refractivity contribution in [2.75, 3.05) is 13.6 Å². The van der Waals surface area contributed by atoms with Crippen LogP contribution in [0.2, 0.25) is 0 Å². The third-order valence-corrected chi connectivity index (χ3v) is 3.80. The van der Waals surface area contributed by atoms with Gasteiger partial charge < -0.3 is 9.88 Å². The Labute approximate surface area is 118 Å². The molecule has 0 amide bonds. The SMILES string of the molecule is CNCCc1n[nH]c(C)c1-c1cn(C)c2ccccc12. The lowest BCUT2D eigenvalue weighted by Crippen LogP contribution is -2.11. The van der Waals surface area contributed by atoms with Gasteiger partial charge in [0.25, 0.3) is 0 Å². The van der Waals surface area contributed by atoms with E-state index in [0.717, 1.165) is 24.4 Å². The lowest BCUT2D eigenvalue weighted by Gasteiger charge is -2.03. The van der Waals surface area contributed by atoms with Gasteiger partial charge in [0.15, 0.2) is 0 Å². The number of aryl methyl sites for hydroxylation is 2. The molecule has 0 spiro atoms. The normalized spacial score (nSPS) is 11.3. The number of H-pyrrole nitrogens is 1. The first-order valence-electron chi connectivity index (χ1n) is 6.95. The fourth-order valence-electron chi connectivity index (χ4n) is 2.80. The minimum atomic E-state index is 0.930. The Kier molecular flexibility index (Phi) is 3.32. The topological polar surface area (TPSA) is 45.6 Å².